The first-order valence-corrected chi connectivity index (χ1v) is 7.78. The summed E-state index contributed by atoms with van der Waals surface area (Å²) in [4.78, 5) is 0. The average molecular weight is 341 g/mol. The first-order valence-electron chi connectivity index (χ1n) is 7.78. The predicted molar refractivity (Wildman–Crippen MR) is 98.8 cm³/mol. The number of rotatable bonds is 6. The fourth-order valence-corrected chi connectivity index (χ4v) is 0.846. The third-order valence-corrected chi connectivity index (χ3v) is 1.83. The summed E-state index contributed by atoms with van der Waals surface area (Å²) in [7, 11) is 0. The molecule has 22 heavy (non-hydrogen) atoms. The van der Waals surface area contributed by atoms with Crippen LogP contribution in [0.5, 0.6) is 0 Å². The maximum atomic E-state index is 3.04. The van der Waals surface area contributed by atoms with E-state index in [2.05, 4.69) is 39.0 Å². The zero-order valence-electron chi connectivity index (χ0n) is 15.2. The molecule has 0 aromatic rings. The molecular weight excluding hydrogens is 308 g/mol. The van der Waals surface area contributed by atoms with Gasteiger partial charge in [0, 0.05) is 0 Å². The molecule has 0 unspecified atom stereocenters. The van der Waals surface area contributed by atoms with E-state index >= 15 is 0 Å². The van der Waals surface area contributed by atoms with Crippen molar-refractivity contribution in [1.29, 1.82) is 0 Å². The summed E-state index contributed by atoms with van der Waals surface area (Å²) in [6, 6.07) is 0. The van der Waals surface area contributed by atoms with E-state index in [4.69, 9.17) is 0 Å². The van der Waals surface area contributed by atoms with Gasteiger partial charge >= 0.3 is 17.1 Å². The van der Waals surface area contributed by atoms with Crippen LogP contribution in [0.15, 0.2) is 54.7 Å². The van der Waals surface area contributed by atoms with Gasteiger partial charge in [-0.1, -0.05) is 41.5 Å². The molecule has 0 saturated heterocycles. The standard InChI is InChI=1S/3C7H11.Fe/c3*1-3-5-7-6-4-2;/h3*3,5,7H,4H2,1-2H3;/q3*-1;+3/b3*5-3+;. The summed E-state index contributed by atoms with van der Waals surface area (Å²) in [5.41, 5.74) is 0. The zero-order valence-corrected chi connectivity index (χ0v) is 16.3. The third-order valence-electron chi connectivity index (χ3n) is 1.83. The van der Waals surface area contributed by atoms with Gasteiger partial charge in [0.1, 0.15) is 0 Å². The van der Waals surface area contributed by atoms with E-state index in [1.54, 1.807) is 0 Å². The number of hydrogen-bond donors (Lipinski definition) is 0. The molecule has 0 bridgehead atoms. The molecule has 0 atom stereocenters. The maximum absolute atomic E-state index is 3.04. The monoisotopic (exact) mass is 341 g/mol. The van der Waals surface area contributed by atoms with E-state index in [0.717, 1.165) is 19.3 Å². The molecule has 0 fully saturated rings. The van der Waals surface area contributed by atoms with Crippen molar-refractivity contribution in [2.75, 3.05) is 0 Å². The predicted octanol–water partition coefficient (Wildman–Crippen LogP) is 6.99. The quantitative estimate of drug-likeness (QED) is 0.277. The summed E-state index contributed by atoms with van der Waals surface area (Å²) < 4.78 is 0. The largest absolute Gasteiger partial charge is 3.00 e. The van der Waals surface area contributed by atoms with E-state index in [1.807, 2.05) is 75.5 Å². The van der Waals surface area contributed by atoms with Gasteiger partial charge in [-0.3, -0.25) is 18.2 Å². The Bertz CT molecular complexity index is 262. The van der Waals surface area contributed by atoms with Gasteiger partial charge in [-0.05, 0) is 0 Å². The van der Waals surface area contributed by atoms with Crippen molar-refractivity contribution in [3.8, 4) is 0 Å². The molecule has 0 saturated carbocycles. The molecule has 0 spiro atoms. The van der Waals surface area contributed by atoms with Gasteiger partial charge in [0.15, 0.2) is 0 Å². The Morgan fingerprint density at radius 3 is 0.909 bits per heavy atom. The SMILES string of the molecule is C/C=C/C=[C-]CC.C/C=C/C=[C-]CC.C/C=C/C=[C-]CC.[Fe+3]. The Kier molecular flexibility index (Phi) is 48.6. The third kappa shape index (κ3) is 50.9. The van der Waals surface area contributed by atoms with Gasteiger partial charge in [-0.25, -0.2) is 36.5 Å². The molecule has 1 radical (unpaired) electrons. The fraction of sp³-hybridized carbons (Fsp3) is 0.429. The van der Waals surface area contributed by atoms with Crippen LogP contribution in [-0.4, -0.2) is 0 Å². The fourth-order valence-electron chi connectivity index (χ4n) is 0.846. The first-order chi connectivity index (χ1) is 10.2. The molecule has 0 heterocycles. The molecule has 0 aliphatic heterocycles. The van der Waals surface area contributed by atoms with Crippen LogP contribution in [0.25, 0.3) is 0 Å². The maximum Gasteiger partial charge on any atom is 3.00 e. The van der Waals surface area contributed by atoms with Gasteiger partial charge in [-0.2, -0.15) is 18.2 Å². The summed E-state index contributed by atoms with van der Waals surface area (Å²) in [5, 5.41) is 0. The summed E-state index contributed by atoms with van der Waals surface area (Å²) in [5.74, 6) is 0. The van der Waals surface area contributed by atoms with Crippen LogP contribution in [-0.2, 0) is 17.1 Å². The van der Waals surface area contributed by atoms with Crippen LogP contribution in [0.1, 0.15) is 60.8 Å². The minimum atomic E-state index is 0. The van der Waals surface area contributed by atoms with Crippen molar-refractivity contribution in [3.63, 3.8) is 0 Å². The normalized spacial score (nSPS) is 11.2. The number of hydrogen-bond acceptors (Lipinski definition) is 0. The van der Waals surface area contributed by atoms with Crippen molar-refractivity contribution >= 4 is 0 Å². The van der Waals surface area contributed by atoms with Crippen LogP contribution in [0.2, 0.25) is 0 Å². The van der Waals surface area contributed by atoms with Crippen LogP contribution < -0.4 is 0 Å². The van der Waals surface area contributed by atoms with Crippen molar-refractivity contribution in [2.24, 2.45) is 0 Å². The van der Waals surface area contributed by atoms with Crippen molar-refractivity contribution in [1.82, 2.24) is 0 Å². The molecule has 0 aromatic carbocycles. The summed E-state index contributed by atoms with van der Waals surface area (Å²) in [6.07, 6.45) is 29.8. The Balaban J connectivity index is -0.000000108. The minimum Gasteiger partial charge on any atom is -0.276 e. The van der Waals surface area contributed by atoms with Crippen LogP contribution >= 0.6 is 0 Å². The average Bonchev–Trinajstić information content (AvgIpc) is 2.50. The molecule has 0 nitrogen and oxygen atoms in total. The van der Waals surface area contributed by atoms with Crippen molar-refractivity contribution in [3.05, 3.63) is 72.9 Å². The van der Waals surface area contributed by atoms with Crippen molar-refractivity contribution < 1.29 is 17.1 Å². The molecule has 0 N–H and O–H groups in total. The van der Waals surface area contributed by atoms with Crippen LogP contribution in [0.4, 0.5) is 0 Å². The molecule has 0 aliphatic rings. The van der Waals surface area contributed by atoms with Gasteiger partial charge in [0.25, 0.3) is 0 Å². The molecule has 0 amide bonds. The van der Waals surface area contributed by atoms with Gasteiger partial charge in [0.2, 0.25) is 0 Å². The minimum absolute atomic E-state index is 0. The van der Waals surface area contributed by atoms with Gasteiger partial charge in [0.05, 0.1) is 0 Å². The second-order valence-electron chi connectivity index (χ2n) is 3.75. The first kappa shape index (κ1) is 29.0. The smallest absolute Gasteiger partial charge is 0.276 e. The Morgan fingerprint density at radius 1 is 0.545 bits per heavy atom. The molecule has 0 aromatic heterocycles. The van der Waals surface area contributed by atoms with Gasteiger partial charge < -0.3 is 0 Å². The Labute approximate surface area is 151 Å². The molecule has 125 valence electrons. The van der Waals surface area contributed by atoms with E-state index in [1.165, 1.54) is 0 Å². The van der Waals surface area contributed by atoms with E-state index in [9.17, 15) is 0 Å². The second-order valence-corrected chi connectivity index (χ2v) is 3.75. The molecular formula is C21H33Fe. The molecule has 1 heteroatoms. The zero-order chi connectivity index (χ0) is 16.6. The topological polar surface area (TPSA) is 0 Å². The van der Waals surface area contributed by atoms with Crippen LogP contribution in [0.3, 0.4) is 0 Å². The molecule has 0 aliphatic carbocycles. The summed E-state index contributed by atoms with van der Waals surface area (Å²) in [6.45, 7) is 12.2. The Hall–Kier alpha value is -1.04. The summed E-state index contributed by atoms with van der Waals surface area (Å²) >= 11 is 0. The van der Waals surface area contributed by atoms with Crippen LogP contribution in [0, 0.1) is 18.2 Å². The van der Waals surface area contributed by atoms with Gasteiger partial charge in [-0.15, -0.1) is 19.3 Å². The Morgan fingerprint density at radius 2 is 0.773 bits per heavy atom. The van der Waals surface area contributed by atoms with E-state index < -0.39 is 0 Å². The number of allylic oxidation sites excluding steroid dienone is 12. The molecule has 0 rings (SSSR count). The van der Waals surface area contributed by atoms with Crippen molar-refractivity contribution in [2.45, 2.75) is 60.8 Å². The van der Waals surface area contributed by atoms with E-state index in [0.29, 0.717) is 0 Å². The van der Waals surface area contributed by atoms with E-state index in [-0.39, 0.29) is 17.1 Å². The second kappa shape index (κ2) is 36.8.